The van der Waals surface area contributed by atoms with Gasteiger partial charge in [0.15, 0.2) is 0 Å². The Labute approximate surface area is 131 Å². The van der Waals surface area contributed by atoms with Crippen molar-refractivity contribution >= 4 is 11.3 Å². The van der Waals surface area contributed by atoms with Crippen molar-refractivity contribution in [2.24, 2.45) is 0 Å². The van der Waals surface area contributed by atoms with E-state index in [1.54, 1.807) is 0 Å². The molecule has 21 heavy (non-hydrogen) atoms. The second kappa shape index (κ2) is 6.20. The van der Waals surface area contributed by atoms with Crippen molar-refractivity contribution in [1.29, 1.82) is 0 Å². The molecule has 0 fully saturated rings. The molecule has 1 aromatic carbocycles. The number of fused-ring (bicyclic) bond motifs is 1. The van der Waals surface area contributed by atoms with Gasteiger partial charge in [-0.3, -0.25) is 0 Å². The summed E-state index contributed by atoms with van der Waals surface area (Å²) in [5.74, 6) is 1.45. The van der Waals surface area contributed by atoms with Crippen LogP contribution >= 0.6 is 11.3 Å². The van der Waals surface area contributed by atoms with Gasteiger partial charge in [-0.2, -0.15) is 0 Å². The summed E-state index contributed by atoms with van der Waals surface area (Å²) < 4.78 is 5.90. The number of ether oxygens (including phenoxy) is 1. The van der Waals surface area contributed by atoms with Crippen LogP contribution in [0.25, 0.3) is 0 Å². The summed E-state index contributed by atoms with van der Waals surface area (Å²) in [7, 11) is 0. The van der Waals surface area contributed by atoms with Crippen molar-refractivity contribution in [2.45, 2.75) is 39.2 Å². The molecule has 0 saturated carbocycles. The molecule has 1 aliphatic heterocycles. The number of rotatable bonds is 5. The molecule has 3 heteroatoms. The number of hydrogen-bond acceptors (Lipinski definition) is 3. The minimum Gasteiger partial charge on any atom is -0.493 e. The van der Waals surface area contributed by atoms with Gasteiger partial charge >= 0.3 is 0 Å². The summed E-state index contributed by atoms with van der Waals surface area (Å²) in [4.78, 5) is 2.81. The summed E-state index contributed by atoms with van der Waals surface area (Å²) in [6.07, 6.45) is 1.15. The summed E-state index contributed by atoms with van der Waals surface area (Å²) >= 11 is 1.89. The zero-order chi connectivity index (χ0) is 14.8. The molecule has 1 aliphatic rings. The molecule has 0 saturated heterocycles. The van der Waals surface area contributed by atoms with Gasteiger partial charge < -0.3 is 10.1 Å². The molecule has 1 aromatic heterocycles. The molecular formula is C18H23NOS. The maximum absolute atomic E-state index is 5.90. The third-order valence-corrected chi connectivity index (χ3v) is 5.15. The van der Waals surface area contributed by atoms with Gasteiger partial charge in [-0.05, 0) is 44.5 Å². The molecular weight excluding hydrogens is 278 g/mol. The highest BCUT2D eigenvalue weighted by molar-refractivity contribution is 7.12. The average molecular weight is 301 g/mol. The molecule has 0 amide bonds. The normalized spacial score (nSPS) is 18.3. The minimum absolute atomic E-state index is 0.346. The fourth-order valence-corrected chi connectivity index (χ4v) is 4.16. The van der Waals surface area contributed by atoms with Crippen LogP contribution in [0.15, 0.2) is 30.3 Å². The van der Waals surface area contributed by atoms with Gasteiger partial charge in [0.2, 0.25) is 0 Å². The predicted octanol–water partition coefficient (Wildman–Crippen LogP) is 4.58. The van der Waals surface area contributed by atoms with Gasteiger partial charge in [-0.15, -0.1) is 11.3 Å². The Morgan fingerprint density at radius 3 is 2.86 bits per heavy atom. The summed E-state index contributed by atoms with van der Waals surface area (Å²) in [6.45, 7) is 8.45. The van der Waals surface area contributed by atoms with Crippen molar-refractivity contribution < 1.29 is 4.74 Å². The Balaban J connectivity index is 1.95. The average Bonchev–Trinajstić information content (AvgIpc) is 3.04. The number of benzene rings is 1. The molecule has 1 N–H and O–H groups in total. The Kier molecular flexibility index (Phi) is 4.32. The third-order valence-electron chi connectivity index (χ3n) is 4.17. The smallest absolute Gasteiger partial charge is 0.122 e. The maximum Gasteiger partial charge on any atom is 0.122 e. The van der Waals surface area contributed by atoms with E-state index >= 15 is 0 Å². The summed E-state index contributed by atoms with van der Waals surface area (Å²) in [5.41, 5.74) is 2.78. The lowest BCUT2D eigenvalue weighted by molar-refractivity contribution is 0.299. The summed E-state index contributed by atoms with van der Waals surface area (Å²) in [5, 5.41) is 3.75. The van der Waals surface area contributed by atoms with E-state index in [2.05, 4.69) is 56.4 Å². The molecule has 2 unspecified atom stereocenters. The maximum atomic E-state index is 5.90. The fraction of sp³-hybridized carbons (Fsp3) is 0.444. The van der Waals surface area contributed by atoms with Crippen LogP contribution < -0.4 is 10.1 Å². The lowest BCUT2D eigenvalue weighted by Crippen LogP contribution is -2.29. The van der Waals surface area contributed by atoms with Crippen LogP contribution in [-0.2, 0) is 0 Å². The van der Waals surface area contributed by atoms with Crippen molar-refractivity contribution in [3.63, 3.8) is 0 Å². The topological polar surface area (TPSA) is 21.3 Å². The molecule has 0 radical (unpaired) electrons. The summed E-state index contributed by atoms with van der Waals surface area (Å²) in [6, 6.07) is 11.1. The molecule has 0 bridgehead atoms. The number of thiophene rings is 1. The van der Waals surface area contributed by atoms with Crippen LogP contribution in [0, 0.1) is 13.8 Å². The highest BCUT2D eigenvalue weighted by atomic mass is 32.1. The zero-order valence-electron chi connectivity index (χ0n) is 13.0. The highest BCUT2D eigenvalue weighted by Gasteiger charge is 2.33. The van der Waals surface area contributed by atoms with Crippen LogP contribution in [0.5, 0.6) is 5.75 Å². The second-order valence-electron chi connectivity index (χ2n) is 5.76. The van der Waals surface area contributed by atoms with Crippen molar-refractivity contribution in [3.05, 3.63) is 51.2 Å². The lowest BCUT2D eigenvalue weighted by Gasteiger charge is -2.24. The molecule has 2 heterocycles. The third kappa shape index (κ3) is 2.85. The fourth-order valence-electron chi connectivity index (χ4n) is 3.19. The molecule has 2 atom stereocenters. The Bertz CT molecular complexity index is 619. The second-order valence-corrected chi connectivity index (χ2v) is 7.22. The number of aryl methyl sites for hydroxylation is 2. The van der Waals surface area contributed by atoms with Gasteiger partial charge in [0, 0.05) is 27.3 Å². The first-order valence-corrected chi connectivity index (χ1v) is 8.54. The van der Waals surface area contributed by atoms with E-state index in [4.69, 9.17) is 4.74 Å². The molecule has 3 rings (SSSR count). The first-order valence-electron chi connectivity index (χ1n) is 7.72. The predicted molar refractivity (Wildman–Crippen MR) is 89.5 cm³/mol. The van der Waals surface area contributed by atoms with E-state index in [1.807, 2.05) is 11.3 Å². The van der Waals surface area contributed by atoms with E-state index in [1.165, 1.54) is 20.9 Å². The van der Waals surface area contributed by atoms with Gasteiger partial charge in [0.05, 0.1) is 6.61 Å². The molecule has 0 spiro atoms. The first kappa shape index (κ1) is 14.6. The lowest BCUT2D eigenvalue weighted by atomic mass is 9.88. The van der Waals surface area contributed by atoms with Gasteiger partial charge in [0.1, 0.15) is 5.75 Å². The Morgan fingerprint density at radius 2 is 2.14 bits per heavy atom. The van der Waals surface area contributed by atoms with Crippen LogP contribution in [0.3, 0.4) is 0 Å². The Morgan fingerprint density at radius 1 is 1.33 bits per heavy atom. The van der Waals surface area contributed by atoms with Crippen LogP contribution in [0.1, 0.15) is 46.2 Å². The van der Waals surface area contributed by atoms with E-state index < -0.39 is 0 Å². The highest BCUT2D eigenvalue weighted by Crippen LogP contribution is 2.43. The Hall–Kier alpha value is -1.32. The van der Waals surface area contributed by atoms with Crippen LogP contribution in [0.2, 0.25) is 0 Å². The van der Waals surface area contributed by atoms with Gasteiger partial charge in [-0.25, -0.2) is 0 Å². The van der Waals surface area contributed by atoms with Crippen LogP contribution in [0.4, 0.5) is 0 Å². The molecule has 2 nitrogen and oxygen atoms in total. The zero-order valence-corrected chi connectivity index (χ0v) is 13.8. The largest absolute Gasteiger partial charge is 0.493 e. The molecule has 2 aromatic rings. The number of hydrogen-bond donors (Lipinski definition) is 1. The van der Waals surface area contributed by atoms with E-state index in [-0.39, 0.29) is 0 Å². The monoisotopic (exact) mass is 301 g/mol. The van der Waals surface area contributed by atoms with E-state index in [0.29, 0.717) is 12.0 Å². The molecule has 112 valence electrons. The molecule has 0 aliphatic carbocycles. The van der Waals surface area contributed by atoms with Gasteiger partial charge in [-0.1, -0.05) is 25.1 Å². The number of nitrogens with one attached hydrogen (secondary N) is 1. The quantitative estimate of drug-likeness (QED) is 0.872. The minimum atomic E-state index is 0.346. The van der Waals surface area contributed by atoms with Crippen LogP contribution in [-0.4, -0.2) is 13.2 Å². The van der Waals surface area contributed by atoms with E-state index in [9.17, 15) is 0 Å². The van der Waals surface area contributed by atoms with Crippen molar-refractivity contribution in [1.82, 2.24) is 5.32 Å². The number of para-hydroxylation sites is 1. The van der Waals surface area contributed by atoms with E-state index in [0.717, 1.165) is 25.3 Å². The standard InChI is InChI=1S/C18H23NOS/c1-4-9-19-18(15-10-12(2)21-13(15)3)16-11-20-17-8-6-5-7-14(16)17/h5-8,10,16,18-19H,4,9,11H2,1-3H3. The van der Waals surface area contributed by atoms with Crippen molar-refractivity contribution in [3.8, 4) is 5.75 Å². The first-order chi connectivity index (χ1) is 10.2. The SMILES string of the molecule is CCCNC(c1cc(C)sc1C)C1COc2ccccc21. The van der Waals surface area contributed by atoms with Crippen molar-refractivity contribution in [2.75, 3.05) is 13.2 Å². The van der Waals surface area contributed by atoms with Gasteiger partial charge in [0.25, 0.3) is 0 Å².